The summed E-state index contributed by atoms with van der Waals surface area (Å²) < 4.78 is 100. The average Bonchev–Trinajstić information content (AvgIpc) is 0.770. The molecule has 3 amide bonds. The topological polar surface area (TPSA) is 750 Å². The van der Waals surface area contributed by atoms with Gasteiger partial charge in [0.1, 0.15) is 213 Å². The van der Waals surface area contributed by atoms with Gasteiger partial charge in [-0.25, -0.2) is 0 Å². The number of aliphatic hydroxyl groups excluding tert-OH is 25. The van der Waals surface area contributed by atoms with E-state index in [1.807, 2.05) is 0 Å². The lowest BCUT2D eigenvalue weighted by atomic mass is 9.93. The molecule has 9 aliphatic heterocycles. The van der Waals surface area contributed by atoms with Gasteiger partial charge in [-0.05, 0) is 6.92 Å². The number of amides is 3. The maximum atomic E-state index is 13.2. The van der Waals surface area contributed by atoms with E-state index in [2.05, 4.69) is 16.0 Å². The fourth-order valence-electron chi connectivity index (χ4n) is 13.9. The molecule has 0 radical (unpaired) electrons. The van der Waals surface area contributed by atoms with E-state index in [4.69, 9.17) is 80.5 Å². The van der Waals surface area contributed by atoms with Crippen molar-refractivity contribution >= 4 is 17.7 Å². The quantitative estimate of drug-likeness (QED) is 0.0363. The van der Waals surface area contributed by atoms with Gasteiger partial charge < -0.3 is 224 Å². The summed E-state index contributed by atoms with van der Waals surface area (Å²) in [5.74, 6) is -2.69. The molecule has 48 heteroatoms. The Balaban J connectivity index is 1.06. The fraction of sp³-hybridized carbons (Fsp3) is 0.950. The Hall–Kier alpha value is -3.27. The lowest BCUT2D eigenvalue weighted by molar-refractivity contribution is -0.397. The van der Waals surface area contributed by atoms with Gasteiger partial charge in [-0.15, -0.1) is 0 Å². The smallest absolute Gasteiger partial charge is 0.217 e. The van der Waals surface area contributed by atoms with E-state index in [1.165, 1.54) is 6.92 Å². The van der Waals surface area contributed by atoms with Gasteiger partial charge in [0.25, 0.3) is 0 Å². The van der Waals surface area contributed by atoms with Crippen LogP contribution in [0.15, 0.2) is 0 Å². The third kappa shape index (κ3) is 19.3. The average molecular weight is 1580 g/mol. The predicted octanol–water partition coefficient (Wildman–Crippen LogP) is -19.2. The van der Waals surface area contributed by atoms with E-state index in [1.54, 1.807) is 0 Å². The standard InChI is InChI=1S/C60H101N3O45/c1-13-28(73)37(82)42(87)57(94-13)105-48-27(63-16(4)72)52(91)95-22(10-69)47(48)104-54-26(62-15(3)71)36(81)46(21(9-68)100-54)103-59-45(90)50(107-60-51(40(85)32(77)20(8-67)99-60)108-53-25(61-14(2)70)35(80)29(74)17(5-64)96-53)34(79)24(102-59)12-93-56-44(89)49(106-58-43(88)39(84)31(76)19(7-66)98-58)33(78)23(101-56)11-92-55-41(86)38(83)30(75)18(6-65)97-55/h13,17-60,64-69,73-91H,5-12H2,1-4H3,(H,61,70)(H,62,71)(H,63,72)/t13-,17+,18+,19+,20+,21+,22+,23+,24+,25+,26+,27+,28+,29+,30+,31+,32+,33+,34+,35+,36+,37+,38-,39-,40-,41-,42-,43-,44-,45-,46+,47+,48+,49-,50-,51-,52?,53-,54-,55-,56-,57-,58+,59-,60+/m0/s1. The van der Waals surface area contributed by atoms with Crippen LogP contribution < -0.4 is 16.0 Å². The number of hydrogen-bond donors (Lipinski definition) is 28. The molecule has 9 fully saturated rings. The monoisotopic (exact) mass is 1580 g/mol. The van der Waals surface area contributed by atoms with E-state index in [9.17, 15) is 142 Å². The number of carbonyl (C=O) groups is 3. The van der Waals surface area contributed by atoms with Crippen molar-refractivity contribution in [2.75, 3.05) is 52.9 Å². The maximum absolute atomic E-state index is 13.2. The van der Waals surface area contributed by atoms with Gasteiger partial charge in [0.2, 0.25) is 17.7 Å². The molecular weight excluding hydrogens is 1480 g/mol. The molecule has 0 bridgehead atoms. The first-order valence-corrected chi connectivity index (χ1v) is 34.5. The Labute approximate surface area is 611 Å². The van der Waals surface area contributed by atoms with Crippen molar-refractivity contribution in [3.05, 3.63) is 0 Å². The molecule has 1 unspecified atom stereocenters. The Morgan fingerprint density at radius 1 is 0.259 bits per heavy atom. The van der Waals surface area contributed by atoms with Crippen LogP contribution in [0.25, 0.3) is 0 Å². The predicted molar refractivity (Wildman–Crippen MR) is 330 cm³/mol. The first-order chi connectivity index (χ1) is 51.0. The molecule has 0 aromatic heterocycles. The van der Waals surface area contributed by atoms with Gasteiger partial charge in [0, 0.05) is 20.8 Å². The summed E-state index contributed by atoms with van der Waals surface area (Å²) >= 11 is 0. The molecule has 0 aromatic carbocycles. The number of carbonyl (C=O) groups excluding carboxylic acids is 3. The van der Waals surface area contributed by atoms with Crippen molar-refractivity contribution < 1.29 is 223 Å². The highest BCUT2D eigenvalue weighted by Gasteiger charge is 2.61. The van der Waals surface area contributed by atoms with E-state index < -0.39 is 347 Å². The Kier molecular flexibility index (Phi) is 31.6. The second-order valence-electron chi connectivity index (χ2n) is 27.5. The third-order valence-electron chi connectivity index (χ3n) is 19.9. The molecule has 626 valence electrons. The molecule has 28 N–H and O–H groups in total. The lowest BCUT2D eigenvalue weighted by Gasteiger charge is -2.51. The lowest BCUT2D eigenvalue weighted by Crippen LogP contribution is -2.71. The molecule has 9 aliphatic rings. The molecule has 9 saturated heterocycles. The van der Waals surface area contributed by atoms with Gasteiger partial charge in [0.05, 0.1) is 59.0 Å². The van der Waals surface area contributed by atoms with E-state index >= 15 is 0 Å². The normalized spacial score (nSPS) is 50.4. The van der Waals surface area contributed by atoms with E-state index in [0.717, 1.165) is 20.8 Å². The summed E-state index contributed by atoms with van der Waals surface area (Å²) in [6.45, 7) is -4.42. The van der Waals surface area contributed by atoms with Crippen molar-refractivity contribution in [1.29, 1.82) is 0 Å². The first kappa shape index (κ1) is 88.7. The van der Waals surface area contributed by atoms with Crippen LogP contribution in [0.3, 0.4) is 0 Å². The molecule has 0 aliphatic carbocycles. The van der Waals surface area contributed by atoms with E-state index in [-0.39, 0.29) is 0 Å². The Morgan fingerprint density at radius 2 is 0.574 bits per heavy atom. The van der Waals surface area contributed by atoms with Crippen LogP contribution in [0.5, 0.6) is 0 Å². The zero-order valence-corrected chi connectivity index (χ0v) is 58.0. The number of hydrogen-bond acceptors (Lipinski definition) is 45. The Morgan fingerprint density at radius 3 is 1.07 bits per heavy atom. The largest absolute Gasteiger partial charge is 0.394 e. The van der Waals surface area contributed by atoms with Gasteiger partial charge >= 0.3 is 0 Å². The van der Waals surface area contributed by atoms with Gasteiger partial charge in [-0.2, -0.15) is 0 Å². The van der Waals surface area contributed by atoms with Crippen LogP contribution in [-0.4, -0.2) is 474 Å². The maximum Gasteiger partial charge on any atom is 0.217 e. The molecule has 0 aromatic rings. The van der Waals surface area contributed by atoms with Gasteiger partial charge in [0.15, 0.2) is 56.6 Å². The number of ether oxygens (including phenoxy) is 17. The van der Waals surface area contributed by atoms with Crippen LogP contribution in [0.4, 0.5) is 0 Å². The van der Waals surface area contributed by atoms with Crippen LogP contribution in [-0.2, 0) is 94.9 Å². The number of rotatable bonds is 27. The minimum absolute atomic E-state index is 0.844. The molecule has 48 nitrogen and oxygen atoms in total. The summed E-state index contributed by atoms with van der Waals surface area (Å²) in [4.78, 5) is 38.4. The second kappa shape index (κ2) is 38.5. The highest BCUT2D eigenvalue weighted by Crippen LogP contribution is 2.40. The van der Waals surface area contributed by atoms with Crippen molar-refractivity contribution in [2.45, 2.75) is 304 Å². The molecule has 0 spiro atoms. The van der Waals surface area contributed by atoms with Gasteiger partial charge in [-0.3, -0.25) is 14.4 Å². The summed E-state index contributed by atoms with van der Waals surface area (Å²) in [6.07, 6.45) is -86.2. The highest BCUT2D eigenvalue weighted by molar-refractivity contribution is 5.74. The Bertz CT molecular complexity index is 2820. The molecular formula is C60H101N3O45. The van der Waals surface area contributed by atoms with Crippen LogP contribution in [0, 0.1) is 0 Å². The first-order valence-electron chi connectivity index (χ1n) is 34.5. The highest BCUT2D eigenvalue weighted by atomic mass is 16.8. The summed E-state index contributed by atoms with van der Waals surface area (Å²) in [5, 5.41) is 283. The SMILES string of the molecule is CC(=O)N[C@H]1[C@H](O[C@H]2[C@H](O[C@@H]3O[C@@H](C)[C@@H](O)[C@@H](O)[C@@H]3O)[C@@H](NC(C)=O)C(O)O[C@@H]2CO)O[C@H](CO)[C@@H](O[C@@H]2O[C@H](CO[C@H]3O[C@H](CO[C@H]4O[C@H](CO)[C@@H](O)[C@H](O)[C@@H]4O)[C@@H](O)[C@H](O[C@H]4O[C@H](CO)[C@@H](O)[C@H](O)[C@@H]4O)[C@@H]3O)[C@@H](O)[C@H](O[C@H]3O[C@H](CO)[C@@H](O)[C@H](O)[C@@H]3O[C@@H]3O[C@H](CO)[C@@H](O)[C@H](O)[C@H]3NC(C)=O)[C@@H]2O)[C@@H]1O. The van der Waals surface area contributed by atoms with E-state index in [0.29, 0.717) is 0 Å². The zero-order valence-electron chi connectivity index (χ0n) is 58.0. The van der Waals surface area contributed by atoms with Gasteiger partial charge in [-0.1, -0.05) is 0 Å². The molecule has 108 heavy (non-hydrogen) atoms. The third-order valence-corrected chi connectivity index (χ3v) is 19.9. The second-order valence-corrected chi connectivity index (χ2v) is 27.5. The van der Waals surface area contributed by atoms with Crippen LogP contribution in [0.2, 0.25) is 0 Å². The number of nitrogens with one attached hydrogen (secondary N) is 3. The summed E-state index contributed by atoms with van der Waals surface area (Å²) in [6, 6.07) is -5.52. The minimum Gasteiger partial charge on any atom is -0.394 e. The van der Waals surface area contributed by atoms with Crippen molar-refractivity contribution in [3.8, 4) is 0 Å². The molecule has 9 rings (SSSR count). The summed E-state index contributed by atoms with van der Waals surface area (Å²) in [5.41, 5.74) is 0. The van der Waals surface area contributed by atoms with Crippen molar-refractivity contribution in [3.63, 3.8) is 0 Å². The van der Waals surface area contributed by atoms with Crippen LogP contribution in [0.1, 0.15) is 27.7 Å². The number of aliphatic hydroxyl groups is 25. The van der Waals surface area contributed by atoms with Crippen LogP contribution >= 0.6 is 0 Å². The molecule has 9 heterocycles. The van der Waals surface area contributed by atoms with Crippen molar-refractivity contribution in [1.82, 2.24) is 16.0 Å². The molecule has 45 atom stereocenters. The minimum atomic E-state index is -2.56. The van der Waals surface area contributed by atoms with Crippen molar-refractivity contribution in [2.24, 2.45) is 0 Å². The zero-order chi connectivity index (χ0) is 79.5. The summed E-state index contributed by atoms with van der Waals surface area (Å²) in [7, 11) is 0. The fourth-order valence-corrected chi connectivity index (χ4v) is 13.9. The molecule has 0 saturated carbocycles.